The fourth-order valence-electron chi connectivity index (χ4n) is 2.32. The van der Waals surface area contributed by atoms with E-state index in [9.17, 15) is 0 Å². The molecule has 0 N–H and O–H groups in total. The molecule has 0 aromatic heterocycles. The normalized spacial score (nSPS) is 22.3. The van der Waals surface area contributed by atoms with Crippen LogP contribution in [-0.2, 0) is 11.4 Å². The van der Waals surface area contributed by atoms with Crippen LogP contribution in [0.15, 0.2) is 35.5 Å². The second kappa shape index (κ2) is 7.58. The summed E-state index contributed by atoms with van der Waals surface area (Å²) in [6.07, 6.45) is 6.10. The number of hydrogen-bond donors (Lipinski definition) is 0. The molecule has 0 bridgehead atoms. The Balaban J connectivity index is 1.82. The van der Waals surface area contributed by atoms with Crippen LogP contribution in [0.1, 0.15) is 44.1 Å². The average molecular weight is 256 g/mol. The van der Waals surface area contributed by atoms with Crippen molar-refractivity contribution in [2.45, 2.75) is 45.1 Å². The summed E-state index contributed by atoms with van der Waals surface area (Å²) in [5.74, 6) is 0.194. The summed E-state index contributed by atoms with van der Waals surface area (Å²) in [6.45, 7) is 0.520. The molecule has 0 spiro atoms. The Morgan fingerprint density at radius 1 is 1.16 bits per heavy atom. The van der Waals surface area contributed by atoms with Crippen molar-refractivity contribution >= 4 is 5.71 Å². The highest BCUT2D eigenvalue weighted by atomic mass is 16.6. The van der Waals surface area contributed by atoms with Gasteiger partial charge in [0, 0.05) is 5.92 Å². The summed E-state index contributed by atoms with van der Waals surface area (Å²) in [5.41, 5.74) is 2.24. The van der Waals surface area contributed by atoms with E-state index in [-0.39, 0.29) is 5.92 Å². The SMILES string of the molecule is N#CC1CCCCC(=NOCc2ccccc2)CC1. The first-order valence-corrected chi connectivity index (χ1v) is 6.99. The number of hydrogen-bond acceptors (Lipinski definition) is 3. The zero-order valence-corrected chi connectivity index (χ0v) is 11.2. The van der Waals surface area contributed by atoms with Crippen LogP contribution in [0.2, 0.25) is 0 Å². The standard InChI is InChI=1S/C16H20N2O/c17-12-14-6-4-5-9-16(11-10-14)18-19-13-15-7-2-1-3-8-15/h1-3,7-8,14H,4-6,9-11,13H2. The lowest BCUT2D eigenvalue weighted by atomic mass is 9.91. The number of benzene rings is 1. The number of oxime groups is 1. The lowest BCUT2D eigenvalue weighted by molar-refractivity contribution is 0.129. The highest BCUT2D eigenvalue weighted by Gasteiger charge is 2.13. The Kier molecular flexibility index (Phi) is 5.43. The van der Waals surface area contributed by atoms with Crippen molar-refractivity contribution in [1.29, 1.82) is 5.26 Å². The first-order valence-electron chi connectivity index (χ1n) is 6.99. The molecular weight excluding hydrogens is 236 g/mol. The van der Waals surface area contributed by atoms with Crippen molar-refractivity contribution in [3.63, 3.8) is 0 Å². The van der Waals surface area contributed by atoms with E-state index in [0.717, 1.165) is 49.8 Å². The molecule has 3 heteroatoms. The summed E-state index contributed by atoms with van der Waals surface area (Å²) in [5, 5.41) is 13.3. The third-order valence-corrected chi connectivity index (χ3v) is 3.50. The fraction of sp³-hybridized carbons (Fsp3) is 0.500. The van der Waals surface area contributed by atoms with E-state index < -0.39 is 0 Å². The lowest BCUT2D eigenvalue weighted by Crippen LogP contribution is -2.09. The van der Waals surface area contributed by atoms with Crippen LogP contribution < -0.4 is 0 Å². The van der Waals surface area contributed by atoms with Crippen LogP contribution in [-0.4, -0.2) is 5.71 Å². The molecule has 1 fully saturated rings. The molecule has 1 unspecified atom stereocenters. The van der Waals surface area contributed by atoms with Crippen molar-refractivity contribution in [2.24, 2.45) is 11.1 Å². The van der Waals surface area contributed by atoms with Crippen molar-refractivity contribution in [1.82, 2.24) is 0 Å². The molecule has 1 aliphatic carbocycles. The Labute approximate surface area is 114 Å². The van der Waals surface area contributed by atoms with Gasteiger partial charge in [0.2, 0.25) is 0 Å². The minimum Gasteiger partial charge on any atom is -0.391 e. The predicted molar refractivity (Wildman–Crippen MR) is 75.5 cm³/mol. The monoisotopic (exact) mass is 256 g/mol. The molecular formula is C16H20N2O. The second-order valence-electron chi connectivity index (χ2n) is 5.03. The molecule has 0 aliphatic heterocycles. The van der Waals surface area contributed by atoms with Crippen LogP contribution in [0, 0.1) is 17.2 Å². The van der Waals surface area contributed by atoms with Crippen LogP contribution in [0.3, 0.4) is 0 Å². The third kappa shape index (κ3) is 4.75. The molecule has 0 radical (unpaired) electrons. The van der Waals surface area contributed by atoms with E-state index in [0.29, 0.717) is 6.61 Å². The van der Waals surface area contributed by atoms with E-state index in [4.69, 9.17) is 10.1 Å². The summed E-state index contributed by atoms with van der Waals surface area (Å²) < 4.78 is 0. The maximum atomic E-state index is 9.00. The topological polar surface area (TPSA) is 45.4 Å². The zero-order chi connectivity index (χ0) is 13.3. The number of nitriles is 1. The third-order valence-electron chi connectivity index (χ3n) is 3.50. The van der Waals surface area contributed by atoms with Crippen LogP contribution in [0.4, 0.5) is 0 Å². The summed E-state index contributed by atoms with van der Waals surface area (Å²) >= 11 is 0. The van der Waals surface area contributed by atoms with Gasteiger partial charge in [-0.1, -0.05) is 41.9 Å². The van der Waals surface area contributed by atoms with Gasteiger partial charge in [-0.3, -0.25) is 0 Å². The van der Waals surface area contributed by atoms with Crippen molar-refractivity contribution in [2.75, 3.05) is 0 Å². The molecule has 1 aliphatic rings. The smallest absolute Gasteiger partial charge is 0.142 e. The maximum absolute atomic E-state index is 9.00. The number of rotatable bonds is 3. The van der Waals surface area contributed by atoms with Gasteiger partial charge in [-0.15, -0.1) is 0 Å². The van der Waals surface area contributed by atoms with E-state index in [1.807, 2.05) is 30.3 Å². The Bertz CT molecular complexity index is 448. The Morgan fingerprint density at radius 2 is 2.00 bits per heavy atom. The molecule has 3 nitrogen and oxygen atoms in total. The molecule has 2 rings (SSSR count). The quantitative estimate of drug-likeness (QED) is 0.766. The molecule has 1 saturated carbocycles. The molecule has 1 aromatic carbocycles. The van der Waals surface area contributed by atoms with Gasteiger partial charge < -0.3 is 4.84 Å². The minimum absolute atomic E-state index is 0.194. The Hall–Kier alpha value is -1.82. The average Bonchev–Trinajstić information content (AvgIpc) is 2.43. The predicted octanol–water partition coefficient (Wildman–Crippen LogP) is 4.05. The fourth-order valence-corrected chi connectivity index (χ4v) is 2.32. The summed E-state index contributed by atoms with van der Waals surface area (Å²) in [4.78, 5) is 5.43. The molecule has 1 aromatic rings. The van der Waals surface area contributed by atoms with E-state index in [2.05, 4.69) is 11.2 Å². The van der Waals surface area contributed by atoms with Crippen molar-refractivity contribution in [3.8, 4) is 6.07 Å². The van der Waals surface area contributed by atoms with E-state index >= 15 is 0 Å². The molecule has 100 valence electrons. The van der Waals surface area contributed by atoms with Gasteiger partial charge >= 0.3 is 0 Å². The summed E-state index contributed by atoms with van der Waals surface area (Å²) in [7, 11) is 0. The molecule has 0 amide bonds. The molecule has 0 saturated heterocycles. The molecule has 0 heterocycles. The highest BCUT2D eigenvalue weighted by Crippen LogP contribution is 2.20. The molecule has 19 heavy (non-hydrogen) atoms. The van der Waals surface area contributed by atoms with E-state index in [1.165, 1.54) is 0 Å². The first kappa shape index (κ1) is 13.6. The van der Waals surface area contributed by atoms with Crippen molar-refractivity contribution in [3.05, 3.63) is 35.9 Å². The first-order chi connectivity index (χ1) is 9.38. The van der Waals surface area contributed by atoms with Gasteiger partial charge in [0.25, 0.3) is 0 Å². The van der Waals surface area contributed by atoms with E-state index in [1.54, 1.807) is 0 Å². The van der Waals surface area contributed by atoms with Gasteiger partial charge in [0.05, 0.1) is 11.8 Å². The van der Waals surface area contributed by atoms with Gasteiger partial charge in [0.15, 0.2) is 0 Å². The van der Waals surface area contributed by atoms with Crippen LogP contribution in [0.25, 0.3) is 0 Å². The minimum atomic E-state index is 0.194. The van der Waals surface area contributed by atoms with Gasteiger partial charge in [-0.05, 0) is 37.7 Å². The van der Waals surface area contributed by atoms with Gasteiger partial charge in [-0.2, -0.15) is 5.26 Å². The maximum Gasteiger partial charge on any atom is 0.142 e. The lowest BCUT2D eigenvalue weighted by Gasteiger charge is -2.14. The summed E-state index contributed by atoms with van der Waals surface area (Å²) in [6, 6.07) is 12.4. The largest absolute Gasteiger partial charge is 0.391 e. The van der Waals surface area contributed by atoms with Crippen molar-refractivity contribution < 1.29 is 4.84 Å². The number of nitrogens with zero attached hydrogens (tertiary/aromatic N) is 2. The molecule has 1 atom stereocenters. The Morgan fingerprint density at radius 3 is 2.79 bits per heavy atom. The van der Waals surface area contributed by atoms with Gasteiger partial charge in [-0.25, -0.2) is 0 Å². The second-order valence-corrected chi connectivity index (χ2v) is 5.03. The van der Waals surface area contributed by atoms with Crippen LogP contribution >= 0.6 is 0 Å². The zero-order valence-electron chi connectivity index (χ0n) is 11.2. The van der Waals surface area contributed by atoms with Gasteiger partial charge in [0.1, 0.15) is 6.61 Å². The van der Waals surface area contributed by atoms with Crippen LogP contribution in [0.5, 0.6) is 0 Å². The highest BCUT2D eigenvalue weighted by molar-refractivity contribution is 5.84.